The summed E-state index contributed by atoms with van der Waals surface area (Å²) in [5.41, 5.74) is 3.16. The van der Waals surface area contributed by atoms with E-state index in [4.69, 9.17) is 9.47 Å². The molecule has 3 heterocycles. The molecule has 0 bridgehead atoms. The molecular formula is C23H30BN3O6. The molecule has 2 unspecified atom stereocenters. The fourth-order valence-corrected chi connectivity index (χ4v) is 4.76. The van der Waals surface area contributed by atoms with Crippen molar-refractivity contribution in [3.8, 4) is 11.3 Å². The van der Waals surface area contributed by atoms with Crippen LogP contribution in [0.2, 0.25) is 0 Å². The molecular weight excluding hydrogens is 425 g/mol. The van der Waals surface area contributed by atoms with Crippen LogP contribution in [-0.4, -0.2) is 72.0 Å². The predicted molar refractivity (Wildman–Crippen MR) is 123 cm³/mol. The van der Waals surface area contributed by atoms with Gasteiger partial charge in [0.05, 0.1) is 13.2 Å². The van der Waals surface area contributed by atoms with E-state index in [1.807, 2.05) is 29.2 Å². The smallest absolute Gasteiger partial charge is 0.453 e. The Morgan fingerprint density at radius 2 is 1.88 bits per heavy atom. The second kappa shape index (κ2) is 10.4. The van der Waals surface area contributed by atoms with Gasteiger partial charge in [0.25, 0.3) is 0 Å². The number of benzene rings is 1. The fraction of sp³-hybridized carbons (Fsp3) is 0.478. The lowest BCUT2D eigenvalue weighted by Gasteiger charge is -2.34. The SMILES string of the molecule is COC(=O)NC(C(=O)N1CCCC1c1ccc(-c2ccc(B(O)O)cc2)[nH]1)C1CCOCC1. The van der Waals surface area contributed by atoms with Crippen molar-refractivity contribution in [1.82, 2.24) is 15.2 Å². The molecule has 2 atom stereocenters. The summed E-state index contributed by atoms with van der Waals surface area (Å²) < 4.78 is 10.2. The van der Waals surface area contributed by atoms with Gasteiger partial charge in [-0.1, -0.05) is 24.3 Å². The molecule has 4 rings (SSSR count). The number of carbonyl (C=O) groups is 2. The van der Waals surface area contributed by atoms with Crippen molar-refractivity contribution in [1.29, 1.82) is 0 Å². The van der Waals surface area contributed by atoms with Crippen LogP contribution in [0.25, 0.3) is 11.3 Å². The Morgan fingerprint density at radius 3 is 2.55 bits per heavy atom. The highest BCUT2D eigenvalue weighted by Gasteiger charge is 2.39. The Bertz CT molecular complexity index is 957. The number of carbonyl (C=O) groups excluding carboxylic acids is 2. The lowest BCUT2D eigenvalue weighted by Crippen LogP contribution is -2.53. The van der Waals surface area contributed by atoms with Crippen LogP contribution in [0.15, 0.2) is 36.4 Å². The number of aromatic nitrogens is 1. The second-order valence-corrected chi connectivity index (χ2v) is 8.58. The Hall–Kier alpha value is -2.82. The van der Waals surface area contributed by atoms with E-state index in [0.717, 1.165) is 29.8 Å². The van der Waals surface area contributed by atoms with Crippen molar-refractivity contribution in [2.45, 2.75) is 37.8 Å². The van der Waals surface area contributed by atoms with Gasteiger partial charge in [-0.2, -0.15) is 0 Å². The van der Waals surface area contributed by atoms with Gasteiger partial charge in [-0.25, -0.2) is 4.79 Å². The Labute approximate surface area is 193 Å². The molecule has 2 amide bonds. The summed E-state index contributed by atoms with van der Waals surface area (Å²) in [6, 6.07) is 10.2. The quantitative estimate of drug-likeness (QED) is 0.485. The third-order valence-electron chi connectivity index (χ3n) is 6.59. The average Bonchev–Trinajstić information content (AvgIpc) is 3.52. The third kappa shape index (κ3) is 5.24. The number of rotatable bonds is 6. The van der Waals surface area contributed by atoms with E-state index in [-0.39, 0.29) is 17.9 Å². The minimum atomic E-state index is -1.50. The summed E-state index contributed by atoms with van der Waals surface area (Å²) in [7, 11) is -0.202. The molecule has 2 aromatic rings. The first-order valence-electron chi connectivity index (χ1n) is 11.4. The topological polar surface area (TPSA) is 124 Å². The number of nitrogens with zero attached hydrogens (tertiary/aromatic N) is 1. The average molecular weight is 455 g/mol. The lowest BCUT2D eigenvalue weighted by molar-refractivity contribution is -0.136. The highest BCUT2D eigenvalue weighted by atomic mass is 16.5. The maximum absolute atomic E-state index is 13.6. The fourth-order valence-electron chi connectivity index (χ4n) is 4.76. The van der Waals surface area contributed by atoms with Gasteiger partial charge in [0.15, 0.2) is 0 Å². The molecule has 2 aliphatic heterocycles. The van der Waals surface area contributed by atoms with E-state index in [1.54, 1.807) is 12.1 Å². The largest absolute Gasteiger partial charge is 0.488 e. The number of hydrogen-bond acceptors (Lipinski definition) is 6. The van der Waals surface area contributed by atoms with Gasteiger partial charge < -0.3 is 34.7 Å². The molecule has 0 spiro atoms. The molecule has 10 heteroatoms. The van der Waals surface area contributed by atoms with E-state index in [0.29, 0.717) is 38.1 Å². The van der Waals surface area contributed by atoms with E-state index < -0.39 is 19.3 Å². The zero-order valence-corrected chi connectivity index (χ0v) is 18.7. The van der Waals surface area contributed by atoms with Crippen LogP contribution in [0.4, 0.5) is 4.79 Å². The van der Waals surface area contributed by atoms with Crippen LogP contribution in [0.5, 0.6) is 0 Å². The Balaban J connectivity index is 1.52. The van der Waals surface area contributed by atoms with Gasteiger partial charge in [0.1, 0.15) is 6.04 Å². The van der Waals surface area contributed by atoms with E-state index in [9.17, 15) is 19.6 Å². The van der Waals surface area contributed by atoms with Crippen molar-refractivity contribution in [2.75, 3.05) is 26.9 Å². The van der Waals surface area contributed by atoms with E-state index in [1.165, 1.54) is 7.11 Å². The Kier molecular flexibility index (Phi) is 7.37. The minimum Gasteiger partial charge on any atom is -0.453 e. The van der Waals surface area contributed by atoms with Gasteiger partial charge in [-0.15, -0.1) is 0 Å². The number of likely N-dealkylation sites (tertiary alicyclic amines) is 1. The molecule has 176 valence electrons. The van der Waals surface area contributed by atoms with Crippen molar-refractivity contribution in [2.24, 2.45) is 5.92 Å². The summed E-state index contributed by atoms with van der Waals surface area (Å²) >= 11 is 0. The molecule has 0 aliphatic carbocycles. The molecule has 2 fully saturated rings. The first-order chi connectivity index (χ1) is 16.0. The second-order valence-electron chi connectivity index (χ2n) is 8.58. The van der Waals surface area contributed by atoms with Gasteiger partial charge in [0, 0.05) is 31.1 Å². The van der Waals surface area contributed by atoms with Crippen molar-refractivity contribution < 1.29 is 29.1 Å². The molecule has 33 heavy (non-hydrogen) atoms. The number of amides is 2. The third-order valence-corrected chi connectivity index (χ3v) is 6.59. The maximum atomic E-state index is 13.6. The molecule has 0 radical (unpaired) electrons. The van der Waals surface area contributed by atoms with E-state index in [2.05, 4.69) is 10.3 Å². The molecule has 1 aromatic heterocycles. The van der Waals surface area contributed by atoms with Crippen molar-refractivity contribution >= 4 is 24.6 Å². The van der Waals surface area contributed by atoms with Crippen LogP contribution in [-0.2, 0) is 14.3 Å². The standard InChI is InChI=1S/C23H30BN3O6/c1-32-23(29)26-21(16-10-13-33-14-11-16)22(28)27-12-2-3-20(27)19-9-8-18(25-19)15-4-6-17(7-5-15)24(30)31/h4-9,16,20-21,25,30-31H,2-3,10-14H2,1H3,(H,26,29). The molecule has 1 aromatic carbocycles. The predicted octanol–water partition coefficient (Wildman–Crippen LogP) is 1.18. The summed E-state index contributed by atoms with van der Waals surface area (Å²) in [6.07, 6.45) is 2.54. The van der Waals surface area contributed by atoms with Crippen LogP contribution >= 0.6 is 0 Å². The van der Waals surface area contributed by atoms with Crippen molar-refractivity contribution in [3.63, 3.8) is 0 Å². The van der Waals surface area contributed by atoms with Gasteiger partial charge in [-0.05, 0) is 54.8 Å². The summed E-state index contributed by atoms with van der Waals surface area (Å²) in [4.78, 5) is 30.9. The number of methoxy groups -OCH3 is 1. The number of nitrogens with one attached hydrogen (secondary N) is 2. The minimum absolute atomic E-state index is 0.00573. The van der Waals surface area contributed by atoms with Crippen molar-refractivity contribution in [3.05, 3.63) is 42.1 Å². The van der Waals surface area contributed by atoms with Gasteiger partial charge in [-0.3, -0.25) is 4.79 Å². The van der Waals surface area contributed by atoms with Crippen LogP contribution in [0.3, 0.4) is 0 Å². The summed E-state index contributed by atoms with van der Waals surface area (Å²) in [5.74, 6) is -0.0848. The lowest BCUT2D eigenvalue weighted by atomic mass is 9.80. The molecule has 2 saturated heterocycles. The molecule has 0 saturated carbocycles. The van der Waals surface area contributed by atoms with Gasteiger partial charge >= 0.3 is 13.2 Å². The number of ether oxygens (including phenoxy) is 2. The highest BCUT2D eigenvalue weighted by Crippen LogP contribution is 2.34. The monoisotopic (exact) mass is 455 g/mol. The molecule has 2 aliphatic rings. The first-order valence-corrected chi connectivity index (χ1v) is 11.4. The zero-order chi connectivity index (χ0) is 23.4. The number of alkyl carbamates (subject to hydrolysis) is 1. The van der Waals surface area contributed by atoms with Crippen LogP contribution in [0, 0.1) is 5.92 Å². The van der Waals surface area contributed by atoms with Crippen LogP contribution in [0.1, 0.15) is 37.4 Å². The van der Waals surface area contributed by atoms with E-state index >= 15 is 0 Å². The number of hydrogen-bond donors (Lipinski definition) is 4. The Morgan fingerprint density at radius 1 is 1.15 bits per heavy atom. The normalized spacial score (nSPS) is 19.8. The maximum Gasteiger partial charge on any atom is 0.488 e. The zero-order valence-electron chi connectivity index (χ0n) is 18.7. The molecule has 4 N–H and O–H groups in total. The summed E-state index contributed by atoms with van der Waals surface area (Å²) in [5, 5.41) is 21.4. The number of H-pyrrole nitrogens is 1. The first kappa shape index (κ1) is 23.3. The van der Waals surface area contributed by atoms with Gasteiger partial charge in [0.2, 0.25) is 5.91 Å². The highest BCUT2D eigenvalue weighted by molar-refractivity contribution is 6.58. The summed E-state index contributed by atoms with van der Waals surface area (Å²) in [6.45, 7) is 1.78. The number of aromatic amines is 1. The van der Waals surface area contributed by atoms with Crippen LogP contribution < -0.4 is 10.8 Å². The molecule has 9 nitrogen and oxygen atoms in total.